The van der Waals surface area contributed by atoms with Gasteiger partial charge in [0.15, 0.2) is 11.7 Å². The normalized spacial score (nSPS) is 9.50. The molecule has 1 heterocycles. The smallest absolute Gasteiger partial charge is 0.304 e. The van der Waals surface area contributed by atoms with E-state index in [1.54, 1.807) is 0 Å². The maximum atomic E-state index is 11.2. The lowest BCUT2D eigenvalue weighted by molar-refractivity contribution is 0.0996. The molecular weight excluding hydrogens is 254 g/mol. The molecule has 0 saturated heterocycles. The molecule has 1 aromatic rings. The van der Waals surface area contributed by atoms with Crippen LogP contribution in [0, 0.1) is 0 Å². The van der Waals surface area contributed by atoms with Crippen molar-refractivity contribution in [2.75, 3.05) is 0 Å². The average Bonchev–Trinajstić information content (AvgIpc) is 2.08. The van der Waals surface area contributed by atoms with Crippen LogP contribution in [-0.2, 0) is 0 Å². The molecule has 0 aliphatic heterocycles. The molecule has 0 saturated carbocycles. The van der Waals surface area contributed by atoms with Crippen molar-refractivity contribution in [2.24, 2.45) is 16.5 Å². The highest BCUT2D eigenvalue weighted by Gasteiger charge is 2.11. The molecule has 0 aromatic carbocycles. The van der Waals surface area contributed by atoms with E-state index in [4.69, 9.17) is 11.5 Å². The topological polar surface area (TPSA) is 127 Å². The summed E-state index contributed by atoms with van der Waals surface area (Å²) < 4.78 is 0.311. The van der Waals surface area contributed by atoms with E-state index in [1.165, 1.54) is 6.20 Å². The predicted molar refractivity (Wildman–Crippen MR) is 52.7 cm³/mol. The first-order valence-corrected chi connectivity index (χ1v) is 4.19. The minimum Gasteiger partial charge on any atom is -0.370 e. The number of rotatable bonds is 1. The number of aromatic amines is 1. The zero-order valence-electron chi connectivity index (χ0n) is 6.82. The summed E-state index contributed by atoms with van der Waals surface area (Å²) in [6.45, 7) is 0. The van der Waals surface area contributed by atoms with Gasteiger partial charge in [-0.25, -0.2) is 4.98 Å². The van der Waals surface area contributed by atoms with Gasteiger partial charge in [0.25, 0.3) is 5.56 Å². The van der Waals surface area contributed by atoms with Crippen molar-refractivity contribution < 1.29 is 4.79 Å². The van der Waals surface area contributed by atoms with Gasteiger partial charge in [0.2, 0.25) is 0 Å². The molecule has 1 amide bonds. The zero-order valence-corrected chi connectivity index (χ0v) is 8.41. The second-order valence-electron chi connectivity index (χ2n) is 2.24. The highest BCUT2D eigenvalue weighted by atomic mass is 79.9. The summed E-state index contributed by atoms with van der Waals surface area (Å²) in [5, 5.41) is 0. The van der Waals surface area contributed by atoms with E-state index in [1.807, 2.05) is 0 Å². The highest BCUT2D eigenvalue weighted by molar-refractivity contribution is 9.10. The van der Waals surface area contributed by atoms with E-state index in [2.05, 4.69) is 30.9 Å². The third-order valence-electron chi connectivity index (χ3n) is 1.19. The average molecular weight is 260 g/mol. The largest absolute Gasteiger partial charge is 0.370 e. The third-order valence-corrected chi connectivity index (χ3v) is 1.60. The molecule has 1 rings (SSSR count). The lowest BCUT2D eigenvalue weighted by atomic mass is 10.4. The Bertz CT molecular complexity index is 448. The van der Waals surface area contributed by atoms with Crippen molar-refractivity contribution in [2.45, 2.75) is 0 Å². The molecule has 14 heavy (non-hydrogen) atoms. The lowest BCUT2D eigenvalue weighted by Crippen LogP contribution is -2.26. The quantitative estimate of drug-likeness (QED) is 0.438. The van der Waals surface area contributed by atoms with Gasteiger partial charge in [-0.15, -0.1) is 0 Å². The fourth-order valence-electron chi connectivity index (χ4n) is 0.698. The van der Waals surface area contributed by atoms with Crippen LogP contribution >= 0.6 is 15.9 Å². The molecule has 0 atom stereocenters. The Morgan fingerprint density at radius 3 is 2.79 bits per heavy atom. The van der Waals surface area contributed by atoms with Crippen LogP contribution in [0.25, 0.3) is 0 Å². The molecule has 5 N–H and O–H groups in total. The van der Waals surface area contributed by atoms with Gasteiger partial charge in [-0.05, 0) is 15.9 Å². The van der Waals surface area contributed by atoms with Crippen molar-refractivity contribution in [3.63, 3.8) is 0 Å². The SMILES string of the molecule is NC(N)=NC(=O)c1nc(Br)c[nH]c1=O. The van der Waals surface area contributed by atoms with Gasteiger partial charge in [-0.1, -0.05) is 0 Å². The van der Waals surface area contributed by atoms with Crippen LogP contribution in [0.15, 0.2) is 20.6 Å². The number of carbonyl (C=O) groups is 1. The number of nitrogens with one attached hydrogen (secondary N) is 1. The second-order valence-corrected chi connectivity index (χ2v) is 3.06. The van der Waals surface area contributed by atoms with Gasteiger partial charge >= 0.3 is 5.91 Å². The van der Waals surface area contributed by atoms with Crippen LogP contribution in [0.4, 0.5) is 0 Å². The summed E-state index contributed by atoms with van der Waals surface area (Å²) in [5.74, 6) is -1.30. The Morgan fingerprint density at radius 1 is 1.57 bits per heavy atom. The number of nitrogens with zero attached hydrogens (tertiary/aromatic N) is 2. The van der Waals surface area contributed by atoms with Crippen LogP contribution in [0.2, 0.25) is 0 Å². The molecule has 0 bridgehead atoms. The number of hydrogen-bond acceptors (Lipinski definition) is 3. The minimum atomic E-state index is -0.882. The van der Waals surface area contributed by atoms with Gasteiger partial charge in [-0.3, -0.25) is 9.59 Å². The Labute approximate surface area is 86.4 Å². The number of halogens is 1. The van der Waals surface area contributed by atoms with Crippen molar-refractivity contribution in [1.29, 1.82) is 0 Å². The second kappa shape index (κ2) is 4.01. The Hall–Kier alpha value is -1.70. The van der Waals surface area contributed by atoms with Crippen molar-refractivity contribution in [3.8, 4) is 0 Å². The minimum absolute atomic E-state index is 0.311. The molecule has 8 heteroatoms. The first-order valence-electron chi connectivity index (χ1n) is 3.40. The Morgan fingerprint density at radius 2 is 2.21 bits per heavy atom. The lowest BCUT2D eigenvalue weighted by Gasteiger charge is -1.94. The number of hydrogen-bond donors (Lipinski definition) is 3. The number of guanidine groups is 1. The summed E-state index contributed by atoms with van der Waals surface area (Å²) in [5.41, 5.74) is 8.93. The molecule has 0 fully saturated rings. The van der Waals surface area contributed by atoms with Crippen LogP contribution in [0.3, 0.4) is 0 Å². The molecule has 0 aliphatic carbocycles. The van der Waals surface area contributed by atoms with Crippen molar-refractivity contribution >= 4 is 27.8 Å². The molecule has 7 nitrogen and oxygen atoms in total. The molecule has 0 unspecified atom stereocenters. The maximum Gasteiger partial charge on any atom is 0.304 e. The van der Waals surface area contributed by atoms with E-state index >= 15 is 0 Å². The third kappa shape index (κ3) is 2.39. The Kier molecular flexibility index (Phi) is 2.97. The number of amides is 1. The number of aromatic nitrogens is 2. The number of carbonyl (C=O) groups excluding carboxylic acids is 1. The van der Waals surface area contributed by atoms with Gasteiger partial charge in [-0.2, -0.15) is 4.99 Å². The van der Waals surface area contributed by atoms with Crippen LogP contribution < -0.4 is 17.0 Å². The summed E-state index contributed by atoms with van der Waals surface area (Å²) >= 11 is 2.99. The van der Waals surface area contributed by atoms with Gasteiger partial charge in [0.05, 0.1) is 0 Å². The summed E-state index contributed by atoms with van der Waals surface area (Å²) in [7, 11) is 0. The first kappa shape index (κ1) is 10.4. The van der Waals surface area contributed by atoms with E-state index in [0.29, 0.717) is 4.60 Å². The zero-order chi connectivity index (χ0) is 10.7. The van der Waals surface area contributed by atoms with Gasteiger partial charge in [0, 0.05) is 6.20 Å². The molecule has 0 radical (unpaired) electrons. The molecule has 74 valence electrons. The number of nitrogens with two attached hydrogens (primary N) is 2. The highest BCUT2D eigenvalue weighted by Crippen LogP contribution is 2.01. The van der Waals surface area contributed by atoms with Crippen LogP contribution in [0.1, 0.15) is 10.5 Å². The molecule has 0 aliphatic rings. The molecule has 0 spiro atoms. The summed E-state index contributed by atoms with van der Waals surface area (Å²) in [6, 6.07) is 0. The van der Waals surface area contributed by atoms with E-state index < -0.39 is 17.4 Å². The van der Waals surface area contributed by atoms with Crippen LogP contribution in [-0.4, -0.2) is 21.8 Å². The van der Waals surface area contributed by atoms with Crippen molar-refractivity contribution in [3.05, 3.63) is 26.8 Å². The number of aliphatic imine (C=N–C) groups is 1. The van der Waals surface area contributed by atoms with Gasteiger partial charge < -0.3 is 16.5 Å². The predicted octanol–water partition coefficient (Wildman–Crippen LogP) is -1.05. The number of H-pyrrole nitrogens is 1. The Balaban J connectivity index is 3.19. The van der Waals surface area contributed by atoms with Crippen LogP contribution in [0.5, 0.6) is 0 Å². The van der Waals surface area contributed by atoms with E-state index in [-0.39, 0.29) is 5.69 Å². The monoisotopic (exact) mass is 259 g/mol. The molecular formula is C6H6BrN5O2. The summed E-state index contributed by atoms with van der Waals surface area (Å²) in [6.07, 6.45) is 1.30. The standard InChI is InChI=1S/C6H6BrN5O2/c7-2-1-10-4(13)3(11-2)5(14)12-6(8)9/h1H,(H,10,13)(H4,8,9,12,14). The summed E-state index contributed by atoms with van der Waals surface area (Å²) in [4.78, 5) is 31.4. The van der Waals surface area contributed by atoms with Crippen molar-refractivity contribution in [1.82, 2.24) is 9.97 Å². The maximum absolute atomic E-state index is 11.2. The fourth-order valence-corrected chi connectivity index (χ4v) is 0.990. The molecule has 1 aromatic heterocycles. The fraction of sp³-hybridized carbons (Fsp3) is 0. The van der Waals surface area contributed by atoms with Gasteiger partial charge in [0.1, 0.15) is 4.60 Å². The van der Waals surface area contributed by atoms with E-state index in [9.17, 15) is 9.59 Å². The van der Waals surface area contributed by atoms with E-state index in [0.717, 1.165) is 0 Å². The first-order chi connectivity index (χ1) is 6.50.